The van der Waals surface area contributed by atoms with Gasteiger partial charge in [-0.15, -0.1) is 11.3 Å². The van der Waals surface area contributed by atoms with E-state index in [0.29, 0.717) is 70.9 Å². The van der Waals surface area contributed by atoms with Crippen molar-refractivity contribution < 1.29 is 32.6 Å². The highest BCUT2D eigenvalue weighted by Gasteiger charge is 2.37. The number of amides is 3. The van der Waals surface area contributed by atoms with Gasteiger partial charge >= 0.3 is 0 Å². The lowest BCUT2D eigenvalue weighted by atomic mass is 9.85. The summed E-state index contributed by atoms with van der Waals surface area (Å²) in [4.78, 5) is 46.8. The Labute approximate surface area is 273 Å². The van der Waals surface area contributed by atoms with E-state index in [1.165, 1.54) is 28.5 Å². The topological polar surface area (TPSA) is 113 Å². The summed E-state index contributed by atoms with van der Waals surface area (Å²) in [5, 5.41) is 8.16. The number of morpholine rings is 1. The van der Waals surface area contributed by atoms with Gasteiger partial charge in [-0.3, -0.25) is 14.4 Å². The molecule has 0 unspecified atom stereocenters. The molecule has 10 nitrogen and oxygen atoms in total. The third kappa shape index (κ3) is 9.25. The molecule has 0 radical (unpaired) electrons. The van der Waals surface area contributed by atoms with Gasteiger partial charge in [0, 0.05) is 50.1 Å². The molecule has 252 valence electrons. The van der Waals surface area contributed by atoms with Crippen LogP contribution in [0.4, 0.5) is 13.9 Å². The second kappa shape index (κ2) is 15.8. The van der Waals surface area contributed by atoms with Gasteiger partial charge in [-0.05, 0) is 44.2 Å². The maximum atomic E-state index is 14.8. The molecule has 3 amide bonds. The van der Waals surface area contributed by atoms with Crippen molar-refractivity contribution in [2.75, 3.05) is 57.4 Å². The Balaban J connectivity index is 1.19. The molecule has 13 heteroatoms. The van der Waals surface area contributed by atoms with E-state index in [2.05, 4.69) is 20.5 Å². The molecule has 1 aromatic heterocycles. The Morgan fingerprint density at radius 3 is 2.41 bits per heavy atom. The zero-order valence-electron chi connectivity index (χ0n) is 27.3. The number of nitrogens with zero attached hydrogens (tertiary/aromatic N) is 3. The van der Waals surface area contributed by atoms with Crippen LogP contribution in [-0.4, -0.2) is 86.2 Å². The fourth-order valence-electron chi connectivity index (χ4n) is 5.29. The molecule has 0 saturated carbocycles. The summed E-state index contributed by atoms with van der Waals surface area (Å²) >= 11 is 1.39. The van der Waals surface area contributed by atoms with Crippen molar-refractivity contribution in [2.24, 2.45) is 5.41 Å². The SMILES string of the molecule is CC1=C(C)CN(C(=O)[C@@H](NC(=O)CCCCCNC(=O)COc2c(-c3csc(N4CCOCC4)n3)ccc(F)c2F)C(C)(C)C)C1. The largest absolute Gasteiger partial charge is 0.480 e. The first-order valence-electron chi connectivity index (χ1n) is 15.7. The molecule has 4 rings (SSSR count). The number of thiazole rings is 1. The first kappa shape index (κ1) is 35.3. The van der Waals surface area contributed by atoms with Gasteiger partial charge in [0.05, 0.1) is 18.9 Å². The van der Waals surface area contributed by atoms with Crippen molar-refractivity contribution >= 4 is 34.2 Å². The number of hydrogen-bond acceptors (Lipinski definition) is 8. The van der Waals surface area contributed by atoms with E-state index in [1.54, 1.807) is 10.3 Å². The fraction of sp³-hybridized carbons (Fsp3) is 0.576. The number of halogens is 2. The first-order valence-corrected chi connectivity index (χ1v) is 16.6. The van der Waals surface area contributed by atoms with Gasteiger partial charge in [0.25, 0.3) is 5.91 Å². The number of nitrogens with one attached hydrogen (secondary N) is 2. The Morgan fingerprint density at radius 2 is 1.74 bits per heavy atom. The van der Waals surface area contributed by atoms with Crippen LogP contribution in [-0.2, 0) is 19.1 Å². The lowest BCUT2D eigenvalue weighted by molar-refractivity contribution is -0.138. The van der Waals surface area contributed by atoms with Crippen LogP contribution in [0.2, 0.25) is 0 Å². The number of ether oxygens (including phenoxy) is 2. The molecular weight excluding hydrogens is 616 g/mol. The highest BCUT2D eigenvalue weighted by molar-refractivity contribution is 7.14. The predicted octanol–water partition coefficient (Wildman–Crippen LogP) is 4.69. The molecule has 2 N–H and O–H groups in total. The Kier molecular flexibility index (Phi) is 12.1. The third-order valence-corrected chi connectivity index (χ3v) is 9.07. The zero-order chi connectivity index (χ0) is 33.4. The van der Waals surface area contributed by atoms with E-state index in [4.69, 9.17) is 9.47 Å². The highest BCUT2D eigenvalue weighted by atomic mass is 32.1. The Hall–Kier alpha value is -3.58. The van der Waals surface area contributed by atoms with E-state index in [1.807, 2.05) is 34.6 Å². The van der Waals surface area contributed by atoms with Crippen LogP contribution >= 0.6 is 11.3 Å². The molecule has 1 aromatic carbocycles. The normalized spacial score (nSPS) is 16.1. The minimum Gasteiger partial charge on any atom is -0.480 e. The highest BCUT2D eigenvalue weighted by Crippen LogP contribution is 2.36. The van der Waals surface area contributed by atoms with Crippen molar-refractivity contribution in [1.29, 1.82) is 0 Å². The van der Waals surface area contributed by atoms with Gasteiger partial charge in [0.2, 0.25) is 17.6 Å². The monoisotopic (exact) mass is 661 g/mol. The standard InChI is InChI=1S/C33H45F2N5O5S/c1-21-17-40(18-22(21)2)31(43)30(33(3,4)5)38-26(41)9-7-6-8-12-36-27(42)19-45-29-23(10-11-24(34)28(29)35)25-20-46-32(37-25)39-13-15-44-16-14-39/h10-11,20,30H,6-9,12-19H2,1-5H3,(H,36,42)(H,38,41)/t30-/m1/s1. The quantitative estimate of drug-likeness (QED) is 0.237. The van der Waals surface area contributed by atoms with E-state index >= 15 is 0 Å². The third-order valence-electron chi connectivity index (χ3n) is 8.16. The molecule has 3 heterocycles. The number of hydrogen-bond donors (Lipinski definition) is 2. The molecule has 0 bridgehead atoms. The maximum absolute atomic E-state index is 14.8. The number of benzene rings is 1. The van der Waals surface area contributed by atoms with Gasteiger partial charge in [-0.25, -0.2) is 9.37 Å². The van der Waals surface area contributed by atoms with Crippen LogP contribution in [0, 0.1) is 17.0 Å². The van der Waals surface area contributed by atoms with Crippen LogP contribution in [0.15, 0.2) is 28.7 Å². The number of aromatic nitrogens is 1. The minimum absolute atomic E-state index is 0.0726. The minimum atomic E-state index is -1.18. The summed E-state index contributed by atoms with van der Waals surface area (Å²) in [6, 6.07) is 1.79. The Bertz CT molecular complexity index is 1420. The van der Waals surface area contributed by atoms with Crippen molar-refractivity contribution in [3.8, 4) is 17.0 Å². The van der Waals surface area contributed by atoms with Crippen molar-refractivity contribution in [3.63, 3.8) is 0 Å². The van der Waals surface area contributed by atoms with Crippen LogP contribution in [0.1, 0.15) is 60.3 Å². The van der Waals surface area contributed by atoms with Gasteiger partial charge in [-0.2, -0.15) is 4.39 Å². The average molecular weight is 662 g/mol. The number of rotatable bonds is 13. The van der Waals surface area contributed by atoms with Gasteiger partial charge in [-0.1, -0.05) is 38.3 Å². The number of unbranched alkanes of at least 4 members (excludes halogenated alkanes) is 2. The van der Waals surface area contributed by atoms with E-state index in [0.717, 1.165) is 11.2 Å². The van der Waals surface area contributed by atoms with Crippen LogP contribution < -0.4 is 20.3 Å². The summed E-state index contributed by atoms with van der Waals surface area (Å²) in [6.07, 6.45) is 2.14. The van der Waals surface area contributed by atoms with Gasteiger partial charge < -0.3 is 29.9 Å². The van der Waals surface area contributed by atoms with Gasteiger partial charge in [0.1, 0.15) is 6.04 Å². The smallest absolute Gasteiger partial charge is 0.257 e. The Morgan fingerprint density at radius 1 is 1.04 bits per heavy atom. The second-order valence-electron chi connectivity index (χ2n) is 12.9. The van der Waals surface area contributed by atoms with Crippen molar-refractivity contribution in [3.05, 3.63) is 40.3 Å². The summed E-state index contributed by atoms with van der Waals surface area (Å²) in [7, 11) is 0. The summed E-state index contributed by atoms with van der Waals surface area (Å²) < 4.78 is 39.7. The van der Waals surface area contributed by atoms with Crippen molar-refractivity contribution in [1.82, 2.24) is 20.5 Å². The second-order valence-corrected chi connectivity index (χ2v) is 13.8. The van der Waals surface area contributed by atoms with Crippen LogP contribution in [0.5, 0.6) is 5.75 Å². The van der Waals surface area contributed by atoms with Gasteiger partial charge in [0.15, 0.2) is 23.3 Å². The number of carbonyl (C=O) groups excluding carboxylic acids is 3. The van der Waals surface area contributed by atoms with E-state index < -0.39 is 35.6 Å². The molecule has 0 spiro atoms. The zero-order valence-corrected chi connectivity index (χ0v) is 28.2. The molecule has 2 aromatic rings. The fourth-order valence-corrected chi connectivity index (χ4v) is 6.16. The lowest BCUT2D eigenvalue weighted by Gasteiger charge is -2.33. The molecule has 0 aliphatic carbocycles. The van der Waals surface area contributed by atoms with Crippen LogP contribution in [0.25, 0.3) is 11.3 Å². The first-order chi connectivity index (χ1) is 21.8. The average Bonchev–Trinajstić information content (AvgIpc) is 3.64. The molecule has 1 fully saturated rings. The summed E-state index contributed by atoms with van der Waals surface area (Å²) in [5.74, 6) is -3.36. The predicted molar refractivity (Wildman–Crippen MR) is 174 cm³/mol. The summed E-state index contributed by atoms with van der Waals surface area (Å²) in [5.41, 5.74) is 2.63. The molecule has 1 saturated heterocycles. The molecule has 1 atom stereocenters. The van der Waals surface area contributed by atoms with E-state index in [9.17, 15) is 23.2 Å². The molecular formula is C33H45F2N5O5S. The summed E-state index contributed by atoms with van der Waals surface area (Å²) in [6.45, 7) is 13.4. The van der Waals surface area contributed by atoms with E-state index in [-0.39, 0.29) is 29.5 Å². The lowest BCUT2D eigenvalue weighted by Crippen LogP contribution is -2.54. The number of carbonyl (C=O) groups is 3. The van der Waals surface area contributed by atoms with Crippen LogP contribution in [0.3, 0.4) is 0 Å². The van der Waals surface area contributed by atoms with Crippen molar-refractivity contribution in [2.45, 2.75) is 66.3 Å². The molecule has 2 aliphatic heterocycles. The molecule has 46 heavy (non-hydrogen) atoms. The molecule has 2 aliphatic rings. The number of anilines is 1. The maximum Gasteiger partial charge on any atom is 0.257 e.